The van der Waals surface area contributed by atoms with Gasteiger partial charge in [-0.05, 0) is 19.9 Å². The van der Waals surface area contributed by atoms with Crippen LogP contribution in [0.2, 0.25) is 0 Å². The highest BCUT2D eigenvalue weighted by molar-refractivity contribution is 5.94. The van der Waals surface area contributed by atoms with E-state index in [9.17, 15) is 0 Å². The molecule has 0 fully saturated rings. The van der Waals surface area contributed by atoms with Crippen molar-refractivity contribution in [3.05, 3.63) is 47.8 Å². The molecule has 0 spiro atoms. The first kappa shape index (κ1) is 15.4. The maximum Gasteiger partial charge on any atom is 0.172 e. The number of hydrogen-bond donors (Lipinski definition) is 0. The van der Waals surface area contributed by atoms with Crippen LogP contribution in [0.5, 0.6) is 11.5 Å². The first-order valence-electron chi connectivity index (χ1n) is 7.97. The molecule has 0 amide bonds. The summed E-state index contributed by atoms with van der Waals surface area (Å²) < 4.78 is 12.8. The van der Waals surface area contributed by atoms with Gasteiger partial charge in [-0.15, -0.1) is 10.2 Å². The summed E-state index contributed by atoms with van der Waals surface area (Å²) in [5, 5.41) is 9.69. The van der Waals surface area contributed by atoms with Gasteiger partial charge in [0.1, 0.15) is 5.82 Å². The molecular weight excluding hydrogens is 316 g/mol. The number of benzene rings is 2. The van der Waals surface area contributed by atoms with Crippen molar-refractivity contribution in [1.29, 1.82) is 0 Å². The van der Waals surface area contributed by atoms with Crippen LogP contribution in [0.15, 0.2) is 36.4 Å². The van der Waals surface area contributed by atoms with Crippen molar-refractivity contribution in [2.45, 2.75) is 13.8 Å². The van der Waals surface area contributed by atoms with Gasteiger partial charge in [-0.25, -0.2) is 4.98 Å². The molecule has 0 saturated carbocycles. The van der Waals surface area contributed by atoms with Crippen LogP contribution < -0.4 is 9.47 Å². The molecule has 2 aromatic carbocycles. The Hall–Kier alpha value is -3.15. The Morgan fingerprint density at radius 1 is 0.880 bits per heavy atom. The summed E-state index contributed by atoms with van der Waals surface area (Å²) in [6.45, 7) is 4.01. The lowest BCUT2D eigenvalue weighted by Crippen LogP contribution is -2.00. The molecule has 0 aliphatic heterocycles. The van der Waals surface area contributed by atoms with Gasteiger partial charge in [0.15, 0.2) is 23.0 Å². The van der Waals surface area contributed by atoms with E-state index in [2.05, 4.69) is 29.3 Å². The fourth-order valence-electron chi connectivity index (χ4n) is 3.02. The number of ether oxygens (including phenoxy) is 2. The zero-order valence-corrected chi connectivity index (χ0v) is 14.6. The molecule has 25 heavy (non-hydrogen) atoms. The number of aryl methyl sites for hydroxylation is 2. The van der Waals surface area contributed by atoms with Gasteiger partial charge in [-0.3, -0.25) is 4.40 Å². The van der Waals surface area contributed by atoms with Crippen LogP contribution in [0.3, 0.4) is 0 Å². The fraction of sp³-hybridized carbons (Fsp3) is 0.211. The minimum absolute atomic E-state index is 0.641. The van der Waals surface area contributed by atoms with Crippen molar-refractivity contribution in [3.8, 4) is 22.9 Å². The maximum absolute atomic E-state index is 5.42. The summed E-state index contributed by atoms with van der Waals surface area (Å²) in [5.74, 6) is 2.87. The minimum Gasteiger partial charge on any atom is -0.493 e. The second-order valence-electron chi connectivity index (χ2n) is 5.93. The van der Waals surface area contributed by atoms with Gasteiger partial charge >= 0.3 is 0 Å². The fourth-order valence-corrected chi connectivity index (χ4v) is 3.02. The van der Waals surface area contributed by atoms with Crippen LogP contribution in [0.25, 0.3) is 27.9 Å². The van der Waals surface area contributed by atoms with Gasteiger partial charge in [-0.2, -0.15) is 0 Å². The summed E-state index contributed by atoms with van der Waals surface area (Å²) in [6, 6.07) is 12.0. The summed E-state index contributed by atoms with van der Waals surface area (Å²) >= 11 is 0. The Labute approximate surface area is 145 Å². The van der Waals surface area contributed by atoms with Crippen molar-refractivity contribution in [2.24, 2.45) is 0 Å². The molecule has 0 radical (unpaired) electrons. The number of hydrogen-bond acceptors (Lipinski definition) is 5. The van der Waals surface area contributed by atoms with E-state index in [0.29, 0.717) is 11.5 Å². The molecule has 4 rings (SSSR count). The molecular formula is C19H18N4O2. The normalized spacial score (nSPS) is 11.2. The zero-order chi connectivity index (χ0) is 17.6. The molecule has 6 heteroatoms. The van der Waals surface area contributed by atoms with Crippen LogP contribution in [-0.4, -0.2) is 33.8 Å². The first-order chi connectivity index (χ1) is 12.1. The predicted octanol–water partition coefficient (Wildman–Crippen LogP) is 3.58. The van der Waals surface area contributed by atoms with Gasteiger partial charge < -0.3 is 9.47 Å². The second kappa shape index (κ2) is 5.73. The number of fused-ring (bicyclic) bond motifs is 3. The molecule has 0 N–H and O–H groups in total. The monoisotopic (exact) mass is 334 g/mol. The Morgan fingerprint density at radius 2 is 1.56 bits per heavy atom. The van der Waals surface area contributed by atoms with E-state index >= 15 is 0 Å². The van der Waals surface area contributed by atoms with Crippen LogP contribution in [0, 0.1) is 13.8 Å². The standard InChI is InChI=1S/C19H18N4O2/c1-11-5-7-13(8-6-11)18-21-22-19-14-9-16(24-3)17(25-4)10-15(14)20-12(2)23(18)19/h5-10H,1-4H3. The number of nitrogens with zero attached hydrogens (tertiary/aromatic N) is 4. The van der Waals surface area contributed by atoms with E-state index in [4.69, 9.17) is 14.5 Å². The highest BCUT2D eigenvalue weighted by Gasteiger charge is 2.16. The molecule has 0 saturated heterocycles. The van der Waals surface area contributed by atoms with Gasteiger partial charge in [-0.1, -0.05) is 29.8 Å². The molecule has 6 nitrogen and oxygen atoms in total. The van der Waals surface area contributed by atoms with Crippen molar-refractivity contribution < 1.29 is 9.47 Å². The first-order valence-corrected chi connectivity index (χ1v) is 7.97. The Kier molecular flexibility index (Phi) is 3.53. The summed E-state index contributed by atoms with van der Waals surface area (Å²) in [7, 11) is 3.23. The molecule has 0 atom stereocenters. The third-order valence-corrected chi connectivity index (χ3v) is 4.32. The molecule has 0 aliphatic rings. The summed E-state index contributed by atoms with van der Waals surface area (Å²) in [6.07, 6.45) is 0. The van der Waals surface area contributed by atoms with E-state index in [1.807, 2.05) is 35.6 Å². The highest BCUT2D eigenvalue weighted by Crippen LogP contribution is 2.34. The van der Waals surface area contributed by atoms with Gasteiger partial charge in [0.25, 0.3) is 0 Å². The Bertz CT molecular complexity index is 1080. The van der Waals surface area contributed by atoms with Crippen LogP contribution in [-0.2, 0) is 0 Å². The quantitative estimate of drug-likeness (QED) is 0.573. The van der Waals surface area contributed by atoms with E-state index < -0.39 is 0 Å². The predicted molar refractivity (Wildman–Crippen MR) is 96.3 cm³/mol. The van der Waals surface area contributed by atoms with E-state index in [0.717, 1.165) is 33.8 Å². The summed E-state index contributed by atoms with van der Waals surface area (Å²) in [4.78, 5) is 4.71. The molecule has 4 aromatic rings. The Balaban J connectivity index is 2.04. The average molecular weight is 334 g/mol. The Morgan fingerprint density at radius 3 is 2.24 bits per heavy atom. The minimum atomic E-state index is 0.641. The molecule has 126 valence electrons. The lowest BCUT2D eigenvalue weighted by atomic mass is 10.1. The maximum atomic E-state index is 5.42. The summed E-state index contributed by atoms with van der Waals surface area (Å²) in [5.41, 5.74) is 3.75. The zero-order valence-electron chi connectivity index (χ0n) is 14.6. The molecule has 2 aromatic heterocycles. The number of methoxy groups -OCH3 is 2. The van der Waals surface area contributed by atoms with E-state index in [1.165, 1.54) is 5.56 Å². The third-order valence-electron chi connectivity index (χ3n) is 4.32. The lowest BCUT2D eigenvalue weighted by Gasteiger charge is -2.11. The topological polar surface area (TPSA) is 61.5 Å². The smallest absolute Gasteiger partial charge is 0.172 e. The average Bonchev–Trinajstić information content (AvgIpc) is 3.07. The van der Waals surface area contributed by atoms with Crippen LogP contribution in [0.4, 0.5) is 0 Å². The van der Waals surface area contributed by atoms with Gasteiger partial charge in [0, 0.05) is 17.0 Å². The second-order valence-corrected chi connectivity index (χ2v) is 5.93. The van der Waals surface area contributed by atoms with Gasteiger partial charge in [0.05, 0.1) is 19.7 Å². The number of rotatable bonds is 3. The lowest BCUT2D eigenvalue weighted by molar-refractivity contribution is 0.356. The molecule has 0 unspecified atom stereocenters. The highest BCUT2D eigenvalue weighted by atomic mass is 16.5. The van der Waals surface area contributed by atoms with Crippen LogP contribution in [0.1, 0.15) is 11.4 Å². The van der Waals surface area contributed by atoms with Gasteiger partial charge in [0.2, 0.25) is 0 Å². The van der Waals surface area contributed by atoms with E-state index in [-0.39, 0.29) is 0 Å². The SMILES string of the molecule is COc1cc2nc(C)n3c(-c4ccc(C)cc4)nnc3c2cc1OC. The van der Waals surface area contributed by atoms with Crippen molar-refractivity contribution in [2.75, 3.05) is 14.2 Å². The van der Waals surface area contributed by atoms with Crippen molar-refractivity contribution in [3.63, 3.8) is 0 Å². The van der Waals surface area contributed by atoms with E-state index in [1.54, 1.807) is 14.2 Å². The third kappa shape index (κ3) is 2.38. The molecule has 2 heterocycles. The number of aromatic nitrogens is 4. The van der Waals surface area contributed by atoms with Crippen LogP contribution >= 0.6 is 0 Å². The van der Waals surface area contributed by atoms with Crippen molar-refractivity contribution >= 4 is 16.6 Å². The molecule has 0 aliphatic carbocycles. The van der Waals surface area contributed by atoms with Crippen molar-refractivity contribution in [1.82, 2.24) is 19.6 Å². The largest absolute Gasteiger partial charge is 0.493 e. The molecule has 0 bridgehead atoms.